The molecule has 1 aromatic carbocycles. The number of hydrogen-bond donors (Lipinski definition) is 1. The number of carbonyl (C=O) groups excluding carboxylic acids is 4. The van der Waals surface area contributed by atoms with Crippen LogP contribution in [-0.4, -0.2) is 91.5 Å². The van der Waals surface area contributed by atoms with Gasteiger partial charge >= 0.3 is 24.0 Å². The van der Waals surface area contributed by atoms with E-state index < -0.39 is 41.4 Å². The number of nitrogens with zero attached hydrogens (tertiary/aromatic N) is 6. The summed E-state index contributed by atoms with van der Waals surface area (Å²) < 4.78 is 18.9. The molecule has 0 spiro atoms. The van der Waals surface area contributed by atoms with Crippen LogP contribution < -0.4 is 10.2 Å². The first-order chi connectivity index (χ1) is 24.6. The molecule has 1 unspecified atom stereocenters. The summed E-state index contributed by atoms with van der Waals surface area (Å²) >= 11 is 0. The molecule has 2 aliphatic heterocycles. The van der Waals surface area contributed by atoms with Gasteiger partial charge in [-0.3, -0.25) is 14.5 Å². The van der Waals surface area contributed by atoms with Crippen LogP contribution in [0.5, 0.6) is 0 Å². The molecule has 14 heteroatoms. The number of pyridine rings is 1. The van der Waals surface area contributed by atoms with Gasteiger partial charge in [0.05, 0.1) is 29.5 Å². The molecule has 0 radical (unpaired) electrons. The van der Waals surface area contributed by atoms with Crippen molar-refractivity contribution < 1.29 is 33.4 Å². The summed E-state index contributed by atoms with van der Waals surface area (Å²) in [5.41, 5.74) is -0.412. The molecule has 280 valence electrons. The number of ether oxygens (including phenoxy) is 3. The lowest BCUT2D eigenvalue weighted by Gasteiger charge is -2.50. The highest BCUT2D eigenvalue weighted by Gasteiger charge is 2.42. The number of anilines is 2. The number of amides is 4. The molecular formula is C38H51N7O7. The number of hydrogen-bond acceptors (Lipinski definition) is 10. The number of imide groups is 1. The van der Waals surface area contributed by atoms with E-state index in [1.165, 1.54) is 18.8 Å². The zero-order chi connectivity index (χ0) is 37.4. The van der Waals surface area contributed by atoms with Gasteiger partial charge in [0.1, 0.15) is 16.7 Å². The number of nitrogens with one attached hydrogen (secondary N) is 1. The van der Waals surface area contributed by atoms with Crippen LogP contribution in [-0.2, 0) is 23.8 Å². The monoisotopic (exact) mass is 717 g/mol. The van der Waals surface area contributed by atoms with Crippen LogP contribution in [0.15, 0.2) is 42.7 Å². The van der Waals surface area contributed by atoms with Crippen molar-refractivity contribution in [3.05, 3.63) is 48.3 Å². The fourth-order valence-electron chi connectivity index (χ4n) is 7.03. The molecule has 3 aromatic rings. The topological polar surface area (TPSA) is 148 Å². The molecule has 1 saturated carbocycles. The number of fused-ring (bicyclic) bond motifs is 1. The van der Waals surface area contributed by atoms with Crippen molar-refractivity contribution in [3.8, 4) is 0 Å². The Balaban J connectivity index is 1.37. The molecule has 4 heterocycles. The van der Waals surface area contributed by atoms with Gasteiger partial charge in [0.2, 0.25) is 0 Å². The van der Waals surface area contributed by atoms with Crippen LogP contribution in [0.4, 0.5) is 21.1 Å². The van der Waals surface area contributed by atoms with Crippen molar-refractivity contribution in [2.45, 2.75) is 123 Å². The van der Waals surface area contributed by atoms with Crippen LogP contribution in [0.25, 0.3) is 10.9 Å². The maximum Gasteiger partial charge on any atom is 0.425 e. The first kappa shape index (κ1) is 37.2. The van der Waals surface area contributed by atoms with Gasteiger partial charge < -0.3 is 24.4 Å². The second-order valence-corrected chi connectivity index (χ2v) is 15.9. The molecule has 1 aliphatic carbocycles. The highest BCUT2D eigenvalue weighted by atomic mass is 16.6. The highest BCUT2D eigenvalue weighted by Crippen LogP contribution is 2.37. The van der Waals surface area contributed by atoms with Crippen LogP contribution in [0, 0.1) is 0 Å². The first-order valence-electron chi connectivity index (χ1n) is 18.3. The Labute approximate surface area is 304 Å². The Kier molecular flexibility index (Phi) is 10.6. The number of benzene rings is 1. The Morgan fingerprint density at radius 3 is 2.13 bits per heavy atom. The minimum Gasteiger partial charge on any atom is -0.443 e. The number of aromatic nitrogens is 3. The largest absolute Gasteiger partial charge is 0.443 e. The van der Waals surface area contributed by atoms with E-state index in [4.69, 9.17) is 14.2 Å². The molecular weight excluding hydrogens is 666 g/mol. The summed E-state index contributed by atoms with van der Waals surface area (Å²) in [5.74, 6) is -1.61. The van der Waals surface area contributed by atoms with Crippen LogP contribution in [0.1, 0.15) is 105 Å². The maximum atomic E-state index is 14.2. The third kappa shape index (κ3) is 8.07. The van der Waals surface area contributed by atoms with Crippen molar-refractivity contribution in [2.75, 3.05) is 29.9 Å². The molecule has 3 aliphatic rings. The third-order valence-corrected chi connectivity index (χ3v) is 9.62. The summed E-state index contributed by atoms with van der Waals surface area (Å²) in [6, 6.07) is 10.1. The lowest BCUT2D eigenvalue weighted by atomic mass is 9.88. The van der Waals surface area contributed by atoms with Crippen LogP contribution in [0.2, 0.25) is 0 Å². The summed E-state index contributed by atoms with van der Waals surface area (Å²) in [4.78, 5) is 64.8. The normalized spacial score (nSPS) is 21.7. The molecule has 1 N–H and O–H groups in total. The van der Waals surface area contributed by atoms with Crippen molar-refractivity contribution in [2.24, 2.45) is 0 Å². The second kappa shape index (κ2) is 14.8. The Hall–Kier alpha value is -4.56. The van der Waals surface area contributed by atoms with Crippen LogP contribution >= 0.6 is 0 Å². The van der Waals surface area contributed by atoms with Crippen molar-refractivity contribution in [1.29, 1.82) is 0 Å². The Morgan fingerprint density at radius 2 is 1.56 bits per heavy atom. The molecule has 3 fully saturated rings. The predicted molar refractivity (Wildman–Crippen MR) is 195 cm³/mol. The maximum absolute atomic E-state index is 14.2. The zero-order valence-electron chi connectivity index (χ0n) is 31.3. The zero-order valence-corrected chi connectivity index (χ0v) is 31.3. The first-order valence-corrected chi connectivity index (χ1v) is 18.3. The SMILES string of the molecule is C[C@@H]1CN(C(=O)C(=O)Nc2cnc(N(C(=O)OC(C)(C)C)C(=O)OC(C)(C)C)c3cnn(C4CCCCO4)c23)[C@@H](c2ccccc2)CN1C1CCC1. The van der Waals surface area contributed by atoms with E-state index in [-0.39, 0.29) is 29.0 Å². The van der Waals surface area contributed by atoms with Gasteiger partial charge in [-0.2, -0.15) is 10.00 Å². The van der Waals surface area contributed by atoms with Gasteiger partial charge in [-0.1, -0.05) is 36.8 Å². The summed E-state index contributed by atoms with van der Waals surface area (Å²) in [6.07, 6.45) is 6.19. The van der Waals surface area contributed by atoms with Gasteiger partial charge in [0.15, 0.2) is 12.0 Å². The summed E-state index contributed by atoms with van der Waals surface area (Å²) in [7, 11) is 0. The fourth-order valence-corrected chi connectivity index (χ4v) is 7.03. The Morgan fingerprint density at radius 1 is 0.885 bits per heavy atom. The van der Waals surface area contributed by atoms with E-state index in [1.807, 2.05) is 30.3 Å². The molecule has 2 saturated heterocycles. The van der Waals surface area contributed by atoms with Gasteiger partial charge in [0, 0.05) is 31.8 Å². The van der Waals surface area contributed by atoms with Crippen molar-refractivity contribution >= 4 is 46.4 Å². The molecule has 14 nitrogen and oxygen atoms in total. The molecule has 4 amide bonds. The number of piperazine rings is 1. The van der Waals surface area contributed by atoms with E-state index in [0.717, 1.165) is 36.1 Å². The number of carbonyl (C=O) groups is 4. The van der Waals surface area contributed by atoms with Gasteiger partial charge in [-0.05, 0) is 86.1 Å². The fraction of sp³-hybridized carbons (Fsp3) is 0.579. The molecule has 0 bridgehead atoms. The van der Waals surface area contributed by atoms with Crippen molar-refractivity contribution in [3.63, 3.8) is 0 Å². The summed E-state index contributed by atoms with van der Waals surface area (Å²) in [5, 5.41) is 7.67. The third-order valence-electron chi connectivity index (χ3n) is 9.62. The minimum absolute atomic E-state index is 0.0752. The molecule has 3 atom stereocenters. The Bertz CT molecular complexity index is 1760. The van der Waals surface area contributed by atoms with E-state index in [1.54, 1.807) is 51.1 Å². The quantitative estimate of drug-likeness (QED) is 0.287. The van der Waals surface area contributed by atoms with Crippen LogP contribution in [0.3, 0.4) is 0 Å². The van der Waals surface area contributed by atoms with E-state index >= 15 is 0 Å². The van der Waals surface area contributed by atoms with E-state index in [0.29, 0.717) is 37.7 Å². The standard InChI is InChI=1S/C38H51N7O7/c1-24-22-43(29(25-14-9-8-10-15-25)23-42(24)26-16-13-17-26)34(47)33(46)41-28-21-39-32(27-20-40-45(31(27)28)30-18-11-12-19-50-30)44(35(48)51-37(2,3)4)36(49)52-38(5,6)7/h8-10,14-15,20-21,24,26,29-30H,11-13,16-19,22-23H2,1-7H3,(H,41,46)/t24-,29-,30?/m1/s1. The smallest absolute Gasteiger partial charge is 0.425 e. The summed E-state index contributed by atoms with van der Waals surface area (Å²) in [6.45, 7) is 13.8. The van der Waals surface area contributed by atoms with E-state index in [9.17, 15) is 19.2 Å². The lowest BCUT2D eigenvalue weighted by Crippen LogP contribution is -2.60. The average Bonchev–Trinajstić information content (AvgIpc) is 3.50. The number of rotatable bonds is 5. The van der Waals surface area contributed by atoms with Crippen molar-refractivity contribution in [1.82, 2.24) is 24.6 Å². The van der Waals surface area contributed by atoms with Gasteiger partial charge in [0.25, 0.3) is 0 Å². The lowest BCUT2D eigenvalue weighted by molar-refractivity contribution is -0.149. The molecule has 52 heavy (non-hydrogen) atoms. The van der Waals surface area contributed by atoms with E-state index in [2.05, 4.69) is 27.2 Å². The highest BCUT2D eigenvalue weighted by molar-refractivity contribution is 6.40. The molecule has 2 aromatic heterocycles. The van der Waals surface area contributed by atoms with Gasteiger partial charge in [-0.15, -0.1) is 0 Å². The molecule has 6 rings (SSSR count). The predicted octanol–water partition coefficient (Wildman–Crippen LogP) is 6.57. The minimum atomic E-state index is -0.994. The average molecular weight is 718 g/mol. The van der Waals surface area contributed by atoms with Gasteiger partial charge in [-0.25, -0.2) is 19.3 Å². The second-order valence-electron chi connectivity index (χ2n) is 15.9.